The van der Waals surface area contributed by atoms with Crippen LogP contribution in [0.4, 0.5) is 10.8 Å². The average Bonchev–Trinajstić information content (AvgIpc) is 2.73. The third kappa shape index (κ3) is 2.85. The minimum absolute atomic E-state index is 0.258. The van der Waals surface area contributed by atoms with Crippen LogP contribution >= 0.6 is 11.3 Å². The lowest BCUT2D eigenvalue weighted by Crippen LogP contribution is -1.94. The summed E-state index contributed by atoms with van der Waals surface area (Å²) in [5.74, 6) is -0.168. The molecular weight excluding hydrogens is 264 g/mol. The molecule has 0 aliphatic carbocycles. The van der Waals surface area contributed by atoms with Crippen LogP contribution in [0.1, 0.15) is 20.9 Å². The van der Waals surface area contributed by atoms with Gasteiger partial charge < -0.3 is 15.2 Å². The van der Waals surface area contributed by atoms with Crippen LogP contribution in [-0.4, -0.2) is 23.2 Å². The number of anilines is 2. The molecule has 100 valence electrons. The summed E-state index contributed by atoms with van der Waals surface area (Å²) in [6, 6.07) is 5.63. The van der Waals surface area contributed by atoms with E-state index in [0.29, 0.717) is 10.8 Å². The highest BCUT2D eigenvalue weighted by Gasteiger charge is 2.14. The van der Waals surface area contributed by atoms with Crippen molar-refractivity contribution in [2.45, 2.75) is 13.8 Å². The van der Waals surface area contributed by atoms with Crippen LogP contribution in [0.3, 0.4) is 0 Å². The molecule has 0 unspecified atom stereocenters. The van der Waals surface area contributed by atoms with Gasteiger partial charge in [0.25, 0.3) is 0 Å². The smallest absolute Gasteiger partial charge is 0.347 e. The first-order valence-corrected chi connectivity index (χ1v) is 6.45. The van der Waals surface area contributed by atoms with E-state index < -0.39 is 5.97 Å². The molecule has 1 aromatic heterocycles. The van der Waals surface area contributed by atoms with Gasteiger partial charge in [0.15, 0.2) is 5.13 Å². The van der Waals surface area contributed by atoms with Crippen LogP contribution in [0.2, 0.25) is 0 Å². The molecule has 19 heavy (non-hydrogen) atoms. The summed E-state index contributed by atoms with van der Waals surface area (Å²) in [6.07, 6.45) is 0. The molecule has 0 saturated carbocycles. The zero-order valence-electron chi connectivity index (χ0n) is 10.9. The summed E-state index contributed by atoms with van der Waals surface area (Å²) < 4.78 is 5.14. The maximum Gasteiger partial charge on any atom is 0.347 e. The van der Waals surface area contributed by atoms with Crippen LogP contribution in [-0.2, 0) is 0 Å². The second-order valence-electron chi connectivity index (χ2n) is 4.04. The first kappa shape index (κ1) is 13.4. The Balaban J connectivity index is 2.26. The van der Waals surface area contributed by atoms with Gasteiger partial charge in [0.1, 0.15) is 10.6 Å². The highest BCUT2D eigenvalue weighted by Crippen LogP contribution is 2.28. The van der Waals surface area contributed by atoms with E-state index in [9.17, 15) is 4.79 Å². The number of aromatic carboxylic acids is 1. The van der Waals surface area contributed by atoms with Crippen molar-refractivity contribution < 1.29 is 14.6 Å². The number of hydrogen-bond donors (Lipinski definition) is 2. The second-order valence-corrected chi connectivity index (χ2v) is 5.04. The number of nitrogens with one attached hydrogen (secondary N) is 1. The molecule has 5 nitrogen and oxygen atoms in total. The summed E-state index contributed by atoms with van der Waals surface area (Å²) in [7, 11) is 1.62. The summed E-state index contributed by atoms with van der Waals surface area (Å²) >= 11 is 1.13. The number of carbonyl (C=O) groups is 1. The van der Waals surface area contributed by atoms with E-state index in [1.54, 1.807) is 14.0 Å². The van der Waals surface area contributed by atoms with Gasteiger partial charge in [0.2, 0.25) is 0 Å². The molecule has 2 aromatic rings. The Morgan fingerprint density at radius 3 is 2.68 bits per heavy atom. The maximum absolute atomic E-state index is 11.0. The average molecular weight is 278 g/mol. The molecule has 0 radical (unpaired) electrons. The highest BCUT2D eigenvalue weighted by atomic mass is 32.1. The van der Waals surface area contributed by atoms with Gasteiger partial charge in [-0.2, -0.15) is 0 Å². The summed E-state index contributed by atoms with van der Waals surface area (Å²) in [5, 5.41) is 12.7. The molecule has 2 N–H and O–H groups in total. The first-order valence-electron chi connectivity index (χ1n) is 5.63. The number of hydrogen-bond acceptors (Lipinski definition) is 5. The molecule has 2 rings (SSSR count). The number of aromatic nitrogens is 1. The SMILES string of the molecule is COc1ccc(Nc2nc(C)c(C(=O)O)s2)c(C)c1. The lowest BCUT2D eigenvalue weighted by molar-refractivity contribution is 0.0701. The Hall–Kier alpha value is -2.08. The van der Waals surface area contributed by atoms with Gasteiger partial charge in [-0.15, -0.1) is 0 Å². The van der Waals surface area contributed by atoms with Gasteiger partial charge in [0, 0.05) is 5.69 Å². The van der Waals surface area contributed by atoms with E-state index in [0.717, 1.165) is 28.3 Å². The van der Waals surface area contributed by atoms with Crippen LogP contribution in [0, 0.1) is 13.8 Å². The number of nitrogens with zero attached hydrogens (tertiary/aromatic N) is 1. The highest BCUT2D eigenvalue weighted by molar-refractivity contribution is 7.17. The van der Waals surface area contributed by atoms with Crippen molar-refractivity contribution in [1.29, 1.82) is 0 Å². The predicted molar refractivity (Wildman–Crippen MR) is 74.8 cm³/mol. The monoisotopic (exact) mass is 278 g/mol. The molecule has 0 saturated heterocycles. The Kier molecular flexibility index (Phi) is 3.71. The third-order valence-electron chi connectivity index (χ3n) is 2.67. The van der Waals surface area contributed by atoms with Gasteiger partial charge in [-0.05, 0) is 37.6 Å². The largest absolute Gasteiger partial charge is 0.497 e. The van der Waals surface area contributed by atoms with E-state index >= 15 is 0 Å². The van der Waals surface area contributed by atoms with E-state index in [2.05, 4.69) is 10.3 Å². The summed E-state index contributed by atoms with van der Waals surface area (Å²) in [4.78, 5) is 15.4. The second kappa shape index (κ2) is 5.27. The van der Waals surface area contributed by atoms with E-state index in [1.807, 2.05) is 25.1 Å². The lowest BCUT2D eigenvalue weighted by atomic mass is 10.2. The number of thiazole rings is 1. The number of rotatable bonds is 4. The van der Waals surface area contributed by atoms with Gasteiger partial charge >= 0.3 is 5.97 Å². The first-order chi connectivity index (χ1) is 9.01. The van der Waals surface area contributed by atoms with Crippen molar-refractivity contribution in [2.24, 2.45) is 0 Å². The van der Waals surface area contributed by atoms with Crippen LogP contribution in [0.15, 0.2) is 18.2 Å². The fourth-order valence-electron chi connectivity index (χ4n) is 1.67. The lowest BCUT2D eigenvalue weighted by Gasteiger charge is -2.08. The van der Waals surface area contributed by atoms with Crippen LogP contribution in [0.25, 0.3) is 0 Å². The fraction of sp³-hybridized carbons (Fsp3) is 0.231. The third-order valence-corrected chi connectivity index (χ3v) is 3.73. The van der Waals surface area contributed by atoms with Crippen molar-refractivity contribution in [3.63, 3.8) is 0 Å². The number of carboxylic acid groups (broad SMARTS) is 1. The van der Waals surface area contributed by atoms with Gasteiger partial charge in [-0.25, -0.2) is 9.78 Å². The molecule has 0 spiro atoms. The van der Waals surface area contributed by atoms with Gasteiger partial charge in [0.05, 0.1) is 12.8 Å². The van der Waals surface area contributed by atoms with Crippen molar-refractivity contribution in [3.05, 3.63) is 34.3 Å². The molecule has 0 fully saturated rings. The molecule has 1 aromatic carbocycles. The van der Waals surface area contributed by atoms with E-state index in [4.69, 9.17) is 9.84 Å². The molecule has 0 aliphatic rings. The van der Waals surface area contributed by atoms with Crippen LogP contribution in [0.5, 0.6) is 5.75 Å². The standard InChI is InChI=1S/C13H14N2O3S/c1-7-6-9(18-3)4-5-10(7)15-13-14-8(2)11(19-13)12(16)17/h4-6H,1-3H3,(H,14,15)(H,16,17). The molecule has 6 heteroatoms. The number of methoxy groups -OCH3 is 1. The van der Waals surface area contributed by atoms with Crippen molar-refractivity contribution >= 4 is 28.1 Å². The quantitative estimate of drug-likeness (QED) is 0.898. The number of aryl methyl sites for hydroxylation is 2. The Morgan fingerprint density at radius 2 is 2.16 bits per heavy atom. The molecule has 0 aliphatic heterocycles. The molecule has 0 bridgehead atoms. The summed E-state index contributed by atoms with van der Waals surface area (Å²) in [5.41, 5.74) is 2.40. The minimum atomic E-state index is -0.950. The molecular formula is C13H14N2O3S. The zero-order valence-corrected chi connectivity index (χ0v) is 11.7. The topological polar surface area (TPSA) is 71.5 Å². The normalized spacial score (nSPS) is 10.3. The zero-order chi connectivity index (χ0) is 14.0. The van der Waals surface area contributed by atoms with Gasteiger partial charge in [-0.1, -0.05) is 11.3 Å². The number of ether oxygens (including phenoxy) is 1. The Morgan fingerprint density at radius 1 is 1.42 bits per heavy atom. The Bertz CT molecular complexity index is 622. The van der Waals surface area contributed by atoms with Crippen molar-refractivity contribution in [2.75, 3.05) is 12.4 Å². The maximum atomic E-state index is 11.0. The molecule has 1 heterocycles. The minimum Gasteiger partial charge on any atom is -0.497 e. The van der Waals surface area contributed by atoms with Crippen LogP contribution < -0.4 is 10.1 Å². The van der Waals surface area contributed by atoms with Crippen molar-refractivity contribution in [1.82, 2.24) is 4.98 Å². The number of carboxylic acids is 1. The molecule has 0 amide bonds. The molecule has 0 atom stereocenters. The van der Waals surface area contributed by atoms with Crippen molar-refractivity contribution in [3.8, 4) is 5.75 Å². The summed E-state index contributed by atoms with van der Waals surface area (Å²) in [6.45, 7) is 3.63. The fourth-order valence-corrected chi connectivity index (χ4v) is 2.48. The number of benzene rings is 1. The predicted octanol–water partition coefficient (Wildman–Crippen LogP) is 3.21. The van der Waals surface area contributed by atoms with E-state index in [1.165, 1.54) is 0 Å². The van der Waals surface area contributed by atoms with Gasteiger partial charge in [-0.3, -0.25) is 0 Å². The van der Waals surface area contributed by atoms with E-state index in [-0.39, 0.29) is 4.88 Å². The Labute approximate surface area is 114 Å².